The number of nitrogens with zero attached hydrogens (tertiary/aromatic N) is 1. The van der Waals surface area contributed by atoms with Crippen molar-refractivity contribution < 1.29 is 24.6 Å². The Bertz CT molecular complexity index is 1620. The minimum absolute atomic E-state index is 0.0126. The third-order valence-electron chi connectivity index (χ3n) is 5.78. The number of thiophene rings is 2. The van der Waals surface area contributed by atoms with Gasteiger partial charge in [0.15, 0.2) is 0 Å². The molecule has 0 radical (unpaired) electrons. The molecule has 2 heterocycles. The van der Waals surface area contributed by atoms with Gasteiger partial charge in [-0.2, -0.15) is 5.10 Å². The lowest BCUT2D eigenvalue weighted by atomic mass is 10.1. The highest BCUT2D eigenvalue weighted by Gasteiger charge is 2.17. The molecule has 0 fully saturated rings. The Balaban J connectivity index is 1.33. The molecule has 2 aromatic heterocycles. The molecular formula is C28H24Cl2N4O5S2. The summed E-state index contributed by atoms with van der Waals surface area (Å²) in [5.41, 5.74) is 5.25. The first-order valence-corrected chi connectivity index (χ1v) is 14.6. The summed E-state index contributed by atoms with van der Waals surface area (Å²) in [6.45, 7) is 1.91. The molecule has 0 aliphatic rings. The van der Waals surface area contributed by atoms with Crippen LogP contribution in [-0.2, 0) is 6.54 Å². The lowest BCUT2D eigenvalue weighted by molar-refractivity contribution is 0.0939. The van der Waals surface area contributed by atoms with Crippen molar-refractivity contribution in [1.29, 1.82) is 0 Å². The minimum atomic E-state index is -0.497. The first kappa shape index (κ1) is 30.2. The number of carbonyl (C=O) groups excluding carboxylic acids is 3. The number of halogens is 2. The van der Waals surface area contributed by atoms with Crippen molar-refractivity contribution in [3.8, 4) is 16.2 Å². The van der Waals surface area contributed by atoms with Crippen LogP contribution in [0.4, 0.5) is 0 Å². The summed E-state index contributed by atoms with van der Waals surface area (Å²) in [6.07, 6.45) is 0. The van der Waals surface area contributed by atoms with Crippen LogP contribution in [0, 0.1) is 0 Å². The number of hydrazone groups is 1. The second-order valence-electron chi connectivity index (χ2n) is 8.62. The lowest BCUT2D eigenvalue weighted by Gasteiger charge is -2.06. The number of nitrogens with one attached hydrogen (secondary N) is 3. The first-order chi connectivity index (χ1) is 19.7. The Hall–Kier alpha value is -3.74. The summed E-state index contributed by atoms with van der Waals surface area (Å²) in [4.78, 5) is 38.4. The van der Waals surface area contributed by atoms with Gasteiger partial charge in [-0.3, -0.25) is 14.4 Å². The molecule has 4 aromatic rings. The van der Waals surface area contributed by atoms with Gasteiger partial charge in [0.2, 0.25) is 0 Å². The fraction of sp³-hybridized carbons (Fsp3) is 0.143. The van der Waals surface area contributed by atoms with Crippen molar-refractivity contribution in [3.05, 3.63) is 96.5 Å². The van der Waals surface area contributed by atoms with Crippen LogP contribution >= 0.6 is 45.9 Å². The van der Waals surface area contributed by atoms with Crippen LogP contribution < -0.4 is 16.1 Å². The van der Waals surface area contributed by atoms with E-state index in [2.05, 4.69) is 21.2 Å². The minimum Gasteiger partial charge on any atom is -0.506 e. The summed E-state index contributed by atoms with van der Waals surface area (Å²) < 4.78 is 0. The number of amides is 3. The fourth-order valence-electron chi connectivity index (χ4n) is 3.60. The van der Waals surface area contributed by atoms with Crippen LogP contribution in [-0.4, -0.2) is 46.8 Å². The molecule has 0 saturated carbocycles. The average molecular weight is 632 g/mol. The van der Waals surface area contributed by atoms with E-state index in [1.165, 1.54) is 17.4 Å². The number of aliphatic hydroxyl groups excluding tert-OH is 1. The first-order valence-electron chi connectivity index (χ1n) is 12.1. The van der Waals surface area contributed by atoms with E-state index in [1.54, 1.807) is 60.8 Å². The van der Waals surface area contributed by atoms with Crippen molar-refractivity contribution in [2.45, 2.75) is 13.5 Å². The third-order valence-corrected chi connectivity index (χ3v) is 8.62. The highest BCUT2D eigenvalue weighted by atomic mass is 35.5. The zero-order valence-electron chi connectivity index (χ0n) is 21.5. The predicted molar refractivity (Wildman–Crippen MR) is 162 cm³/mol. The largest absolute Gasteiger partial charge is 0.506 e. The van der Waals surface area contributed by atoms with Crippen LogP contribution in [0.3, 0.4) is 0 Å². The number of aromatic hydroxyl groups is 1. The van der Waals surface area contributed by atoms with Gasteiger partial charge >= 0.3 is 0 Å². The van der Waals surface area contributed by atoms with E-state index in [1.807, 2.05) is 0 Å². The number of hydrogen-bond acceptors (Lipinski definition) is 8. The van der Waals surface area contributed by atoms with Gasteiger partial charge in [0.1, 0.15) is 5.75 Å². The van der Waals surface area contributed by atoms with Crippen LogP contribution in [0.2, 0.25) is 10.0 Å². The molecule has 5 N–H and O–H groups in total. The molecule has 0 atom stereocenters. The Morgan fingerprint density at radius 1 is 0.902 bits per heavy atom. The SMILES string of the molecule is CC(=NNC(=O)c1ccc(C(=O)NCc2ccc(C(=O)NCCO)cc2)s1)c1csc(-c2ccc(Cl)c(Cl)c2)c1O. The summed E-state index contributed by atoms with van der Waals surface area (Å²) in [5, 5.41) is 31.5. The lowest BCUT2D eigenvalue weighted by Crippen LogP contribution is -2.26. The zero-order valence-corrected chi connectivity index (χ0v) is 24.7. The van der Waals surface area contributed by atoms with E-state index in [0.29, 0.717) is 42.2 Å². The number of aliphatic hydroxyl groups is 1. The Morgan fingerprint density at radius 2 is 1.61 bits per heavy atom. The summed E-state index contributed by atoms with van der Waals surface area (Å²) >= 11 is 14.4. The number of rotatable bonds is 10. The molecule has 0 aliphatic carbocycles. The molecule has 2 aromatic carbocycles. The summed E-state index contributed by atoms with van der Waals surface area (Å²) in [7, 11) is 0. The van der Waals surface area contributed by atoms with Crippen molar-refractivity contribution in [2.75, 3.05) is 13.2 Å². The van der Waals surface area contributed by atoms with Gasteiger partial charge in [0, 0.05) is 24.0 Å². The Labute approximate surface area is 253 Å². The smallest absolute Gasteiger partial charge is 0.281 e. The van der Waals surface area contributed by atoms with Crippen molar-refractivity contribution in [3.63, 3.8) is 0 Å². The van der Waals surface area contributed by atoms with Crippen LogP contribution in [0.25, 0.3) is 10.4 Å². The number of benzene rings is 2. The van der Waals surface area contributed by atoms with Crippen LogP contribution in [0.5, 0.6) is 5.75 Å². The standard InChI is InChI=1S/C28H24Cl2N4O5S2/c1-15(19-14-40-25(24(19)36)18-6-7-20(29)21(30)12-18)33-34-28(39)23-9-8-22(41-23)27(38)32-13-16-2-4-17(5-3-16)26(37)31-10-11-35/h2-9,12,14,35-36H,10-11,13H2,1H3,(H,31,37)(H,32,38)(H,34,39). The van der Waals surface area contributed by atoms with Gasteiger partial charge in [-0.15, -0.1) is 22.7 Å². The molecule has 0 aliphatic heterocycles. The van der Waals surface area contributed by atoms with Gasteiger partial charge in [-0.1, -0.05) is 41.4 Å². The maximum atomic E-state index is 12.7. The predicted octanol–water partition coefficient (Wildman–Crippen LogP) is 5.30. The zero-order chi connectivity index (χ0) is 29.5. The van der Waals surface area contributed by atoms with Gasteiger partial charge in [-0.05, 0) is 54.4 Å². The van der Waals surface area contributed by atoms with Gasteiger partial charge in [-0.25, -0.2) is 5.43 Å². The molecule has 4 rings (SSSR count). The molecule has 9 nitrogen and oxygen atoms in total. The highest BCUT2D eigenvalue weighted by molar-refractivity contribution is 7.16. The van der Waals surface area contributed by atoms with E-state index >= 15 is 0 Å². The summed E-state index contributed by atoms with van der Waals surface area (Å²) in [5.74, 6) is -1.13. The normalized spacial score (nSPS) is 11.3. The molecule has 41 heavy (non-hydrogen) atoms. The second-order valence-corrected chi connectivity index (χ2v) is 11.4. The van der Waals surface area contributed by atoms with Gasteiger partial charge < -0.3 is 20.8 Å². The fourth-order valence-corrected chi connectivity index (χ4v) is 5.71. The Morgan fingerprint density at radius 3 is 2.29 bits per heavy atom. The average Bonchev–Trinajstić information content (AvgIpc) is 3.62. The van der Waals surface area contributed by atoms with Crippen LogP contribution in [0.1, 0.15) is 47.8 Å². The van der Waals surface area contributed by atoms with Gasteiger partial charge in [0.25, 0.3) is 17.7 Å². The quantitative estimate of drug-likeness (QED) is 0.120. The molecule has 0 unspecified atom stereocenters. The maximum absolute atomic E-state index is 12.7. The number of carbonyl (C=O) groups is 3. The molecule has 0 saturated heterocycles. The van der Waals surface area contributed by atoms with E-state index in [4.69, 9.17) is 28.3 Å². The maximum Gasteiger partial charge on any atom is 0.281 e. The van der Waals surface area contributed by atoms with E-state index < -0.39 is 5.91 Å². The van der Waals surface area contributed by atoms with Crippen molar-refractivity contribution in [2.24, 2.45) is 5.10 Å². The molecular weight excluding hydrogens is 607 g/mol. The number of hydrogen-bond donors (Lipinski definition) is 5. The highest BCUT2D eigenvalue weighted by Crippen LogP contribution is 2.40. The van der Waals surface area contributed by atoms with Crippen molar-refractivity contribution in [1.82, 2.24) is 16.1 Å². The van der Waals surface area contributed by atoms with E-state index in [0.717, 1.165) is 16.9 Å². The van der Waals surface area contributed by atoms with Crippen molar-refractivity contribution >= 4 is 69.3 Å². The third kappa shape index (κ3) is 7.51. The Kier molecular flexibility index (Phi) is 10.1. The molecule has 212 valence electrons. The van der Waals surface area contributed by atoms with Crippen LogP contribution in [0.15, 0.2) is 65.1 Å². The molecule has 0 spiro atoms. The second kappa shape index (κ2) is 13.7. The molecule has 13 heteroatoms. The topological polar surface area (TPSA) is 140 Å². The van der Waals surface area contributed by atoms with E-state index in [-0.39, 0.29) is 42.1 Å². The summed E-state index contributed by atoms with van der Waals surface area (Å²) in [6, 6.07) is 14.9. The monoisotopic (exact) mass is 630 g/mol. The van der Waals surface area contributed by atoms with Gasteiger partial charge in [0.05, 0.1) is 42.6 Å². The molecule has 3 amide bonds. The van der Waals surface area contributed by atoms with E-state index in [9.17, 15) is 19.5 Å². The molecule has 0 bridgehead atoms.